The van der Waals surface area contributed by atoms with Gasteiger partial charge in [0.2, 0.25) is 0 Å². The molecule has 1 aliphatic carbocycles. The molecule has 2 unspecified atom stereocenters. The average molecular weight is 415 g/mol. The molecular formula is C22H35ClO3S. The summed E-state index contributed by atoms with van der Waals surface area (Å²) in [5, 5.41) is 10.5. The third kappa shape index (κ3) is 7.07. The van der Waals surface area contributed by atoms with E-state index in [1.807, 2.05) is 12.1 Å². The normalized spacial score (nSPS) is 25.0. The van der Waals surface area contributed by atoms with E-state index < -0.39 is 0 Å². The van der Waals surface area contributed by atoms with E-state index in [0.29, 0.717) is 16.7 Å². The van der Waals surface area contributed by atoms with Gasteiger partial charge in [-0.2, -0.15) is 0 Å². The summed E-state index contributed by atoms with van der Waals surface area (Å²) in [7, 11) is 1.41. The van der Waals surface area contributed by atoms with Crippen molar-refractivity contribution in [3.8, 4) is 0 Å². The number of aliphatic hydroxyl groups excluding tert-OH is 1. The second kappa shape index (κ2) is 12.1. The minimum Gasteiger partial charge on any atom is -0.465 e. The molecule has 4 atom stereocenters. The number of esters is 1. The quantitative estimate of drug-likeness (QED) is 0.251. The molecule has 0 aliphatic heterocycles. The lowest BCUT2D eigenvalue weighted by Crippen LogP contribution is -2.21. The van der Waals surface area contributed by atoms with Crippen LogP contribution in [0.4, 0.5) is 0 Å². The molecule has 1 aromatic rings. The molecule has 0 saturated heterocycles. The van der Waals surface area contributed by atoms with Crippen LogP contribution in [0.5, 0.6) is 0 Å². The van der Waals surface area contributed by atoms with Crippen LogP contribution in [0.3, 0.4) is 0 Å². The first kappa shape index (κ1) is 22.7. The number of aryl methyl sites for hydroxylation is 1. The molecule has 1 aliphatic rings. The Morgan fingerprint density at radius 3 is 2.59 bits per heavy atom. The first-order chi connectivity index (χ1) is 13.1. The van der Waals surface area contributed by atoms with Crippen molar-refractivity contribution >= 4 is 28.9 Å². The largest absolute Gasteiger partial charge is 0.465 e. The van der Waals surface area contributed by atoms with Gasteiger partial charge in [0, 0.05) is 10.3 Å². The first-order valence-electron chi connectivity index (χ1n) is 10.6. The van der Waals surface area contributed by atoms with Gasteiger partial charge >= 0.3 is 5.97 Å². The van der Waals surface area contributed by atoms with Crippen LogP contribution in [0.1, 0.15) is 85.7 Å². The Balaban J connectivity index is 1.75. The number of carbonyl (C=O) groups is 1. The van der Waals surface area contributed by atoms with Gasteiger partial charge in [-0.1, -0.05) is 45.4 Å². The number of hydrogen-bond donors (Lipinski definition) is 1. The smallest absolute Gasteiger partial charge is 0.348 e. The van der Waals surface area contributed by atoms with Crippen LogP contribution in [0.25, 0.3) is 0 Å². The summed E-state index contributed by atoms with van der Waals surface area (Å²) >= 11 is 8.09. The zero-order valence-electron chi connectivity index (χ0n) is 16.8. The number of methoxy groups -OCH3 is 1. The van der Waals surface area contributed by atoms with E-state index in [2.05, 4.69) is 6.92 Å². The van der Waals surface area contributed by atoms with Gasteiger partial charge in [-0.15, -0.1) is 22.9 Å². The van der Waals surface area contributed by atoms with Crippen LogP contribution in [0, 0.1) is 11.8 Å². The molecule has 0 bridgehead atoms. The number of thiophene rings is 1. The van der Waals surface area contributed by atoms with Crippen molar-refractivity contribution in [2.45, 2.75) is 89.0 Å². The highest BCUT2D eigenvalue weighted by atomic mass is 35.5. The SMILES string of the molecule is CCCCCCCCC1[C@@H](CCCc2ccc(C(=O)OC)s2)C(Cl)C[C@H]1O. The second-order valence-electron chi connectivity index (χ2n) is 7.85. The van der Waals surface area contributed by atoms with Crippen molar-refractivity contribution in [2.75, 3.05) is 7.11 Å². The molecule has 1 N–H and O–H groups in total. The molecule has 0 spiro atoms. The number of ether oxygens (including phenoxy) is 1. The van der Waals surface area contributed by atoms with E-state index in [1.54, 1.807) is 0 Å². The molecule has 0 radical (unpaired) electrons. The highest BCUT2D eigenvalue weighted by molar-refractivity contribution is 7.13. The summed E-state index contributed by atoms with van der Waals surface area (Å²) in [5.41, 5.74) is 0. The van der Waals surface area contributed by atoms with Crippen molar-refractivity contribution in [2.24, 2.45) is 11.8 Å². The van der Waals surface area contributed by atoms with E-state index >= 15 is 0 Å². The van der Waals surface area contributed by atoms with Crippen molar-refractivity contribution in [3.63, 3.8) is 0 Å². The molecule has 1 heterocycles. The van der Waals surface area contributed by atoms with Gasteiger partial charge in [-0.25, -0.2) is 4.79 Å². The second-order valence-corrected chi connectivity index (χ2v) is 9.58. The Morgan fingerprint density at radius 1 is 1.15 bits per heavy atom. The monoisotopic (exact) mass is 414 g/mol. The van der Waals surface area contributed by atoms with E-state index in [-0.39, 0.29) is 17.5 Å². The van der Waals surface area contributed by atoms with E-state index in [0.717, 1.165) is 32.1 Å². The van der Waals surface area contributed by atoms with Crippen LogP contribution in [0.15, 0.2) is 12.1 Å². The molecule has 3 nitrogen and oxygen atoms in total. The molecule has 0 amide bonds. The van der Waals surface area contributed by atoms with E-state index in [1.165, 1.54) is 61.8 Å². The molecule has 154 valence electrons. The predicted octanol–water partition coefficient (Wildman–Crippen LogP) is 6.21. The topological polar surface area (TPSA) is 46.5 Å². The van der Waals surface area contributed by atoms with E-state index in [9.17, 15) is 9.90 Å². The Morgan fingerprint density at radius 2 is 1.85 bits per heavy atom. The van der Waals surface area contributed by atoms with Crippen LogP contribution in [-0.4, -0.2) is 29.7 Å². The fourth-order valence-electron chi connectivity index (χ4n) is 4.33. The molecule has 1 fully saturated rings. The Hall–Kier alpha value is -0.580. The van der Waals surface area contributed by atoms with Gasteiger partial charge < -0.3 is 9.84 Å². The Kier molecular flexibility index (Phi) is 10.2. The lowest BCUT2D eigenvalue weighted by atomic mass is 9.85. The highest BCUT2D eigenvalue weighted by Gasteiger charge is 2.40. The zero-order chi connectivity index (χ0) is 19.6. The maximum absolute atomic E-state index is 11.6. The van der Waals surface area contributed by atoms with Crippen LogP contribution in [-0.2, 0) is 11.2 Å². The Labute approximate surface area is 173 Å². The standard InChI is InChI=1S/C22H35ClO3S/c1-3-4-5-6-7-8-11-18-17(19(23)15-20(18)24)12-9-10-16-13-14-21(27-16)22(25)26-2/h13-14,17-20,24H,3-12,15H2,1-2H3/t17-,18?,19?,20-/m1/s1. The van der Waals surface area contributed by atoms with Gasteiger partial charge in [0.05, 0.1) is 13.2 Å². The summed E-state index contributed by atoms with van der Waals surface area (Å²) in [6.07, 6.45) is 12.4. The van der Waals surface area contributed by atoms with Crippen LogP contribution < -0.4 is 0 Å². The highest BCUT2D eigenvalue weighted by Crippen LogP contribution is 2.42. The van der Waals surface area contributed by atoms with Gasteiger partial charge in [0.1, 0.15) is 4.88 Å². The number of unbranched alkanes of at least 4 members (excludes halogenated alkanes) is 5. The number of alkyl halides is 1. The zero-order valence-corrected chi connectivity index (χ0v) is 18.4. The van der Waals surface area contributed by atoms with Gasteiger partial charge in [0.15, 0.2) is 0 Å². The minimum absolute atomic E-state index is 0.0963. The predicted molar refractivity (Wildman–Crippen MR) is 114 cm³/mol. The lowest BCUT2D eigenvalue weighted by molar-refractivity contribution is 0.0606. The molecule has 1 saturated carbocycles. The van der Waals surface area contributed by atoms with Crippen molar-refractivity contribution in [1.82, 2.24) is 0 Å². The number of carbonyl (C=O) groups excluding carboxylic acids is 1. The first-order valence-corrected chi connectivity index (χ1v) is 11.8. The molecule has 1 aromatic heterocycles. The molecular weight excluding hydrogens is 380 g/mol. The maximum atomic E-state index is 11.6. The Bertz CT molecular complexity index is 560. The lowest BCUT2D eigenvalue weighted by Gasteiger charge is -2.23. The van der Waals surface area contributed by atoms with Crippen molar-refractivity contribution in [1.29, 1.82) is 0 Å². The minimum atomic E-state index is -0.259. The fourth-order valence-corrected chi connectivity index (χ4v) is 5.79. The summed E-state index contributed by atoms with van der Waals surface area (Å²) in [6.45, 7) is 2.24. The van der Waals surface area contributed by atoms with Crippen molar-refractivity contribution < 1.29 is 14.6 Å². The maximum Gasteiger partial charge on any atom is 0.348 e. The molecule has 27 heavy (non-hydrogen) atoms. The number of hydrogen-bond acceptors (Lipinski definition) is 4. The molecule has 5 heteroatoms. The van der Waals surface area contributed by atoms with Gasteiger partial charge in [0.25, 0.3) is 0 Å². The third-order valence-electron chi connectivity index (χ3n) is 5.88. The summed E-state index contributed by atoms with van der Waals surface area (Å²) in [4.78, 5) is 13.4. The average Bonchev–Trinajstić information content (AvgIpc) is 3.23. The van der Waals surface area contributed by atoms with E-state index in [4.69, 9.17) is 16.3 Å². The fraction of sp³-hybridized carbons (Fsp3) is 0.773. The van der Waals surface area contributed by atoms with Crippen LogP contribution >= 0.6 is 22.9 Å². The third-order valence-corrected chi connectivity index (χ3v) is 7.50. The molecule has 0 aromatic carbocycles. The summed E-state index contributed by atoms with van der Waals surface area (Å²) in [5.74, 6) is 0.509. The summed E-state index contributed by atoms with van der Waals surface area (Å²) < 4.78 is 4.77. The van der Waals surface area contributed by atoms with Gasteiger partial charge in [-0.3, -0.25) is 0 Å². The number of rotatable bonds is 12. The van der Waals surface area contributed by atoms with Crippen molar-refractivity contribution in [3.05, 3.63) is 21.9 Å². The van der Waals surface area contributed by atoms with Crippen LogP contribution in [0.2, 0.25) is 0 Å². The summed E-state index contributed by atoms with van der Waals surface area (Å²) in [6, 6.07) is 3.86. The van der Waals surface area contributed by atoms with Gasteiger partial charge in [-0.05, 0) is 56.1 Å². The number of halogens is 1. The molecule has 2 rings (SSSR count). The number of aliphatic hydroxyl groups is 1.